The van der Waals surface area contributed by atoms with Crippen molar-refractivity contribution >= 4 is 52.2 Å². The van der Waals surface area contributed by atoms with Crippen molar-refractivity contribution < 1.29 is 23.5 Å². The molecule has 1 aliphatic rings. The zero-order valence-corrected chi connectivity index (χ0v) is 20.9. The number of carbonyl (C=O) groups excluding carboxylic acids is 2. The Bertz CT molecular complexity index is 1280. The lowest BCUT2D eigenvalue weighted by atomic mass is 10.1. The maximum atomic E-state index is 14.2. The van der Waals surface area contributed by atoms with Gasteiger partial charge in [0.25, 0.3) is 11.1 Å². The van der Waals surface area contributed by atoms with Gasteiger partial charge in [-0.25, -0.2) is 4.39 Å². The number of carbonyl (C=O) groups is 2. The van der Waals surface area contributed by atoms with E-state index in [0.717, 1.165) is 22.2 Å². The van der Waals surface area contributed by atoms with E-state index in [2.05, 4.69) is 0 Å². The molecule has 0 bridgehead atoms. The highest BCUT2D eigenvalue weighted by Gasteiger charge is 2.36. The Hall–Kier alpha value is -3.00. The molecule has 180 valence electrons. The van der Waals surface area contributed by atoms with E-state index in [9.17, 15) is 14.0 Å². The minimum atomic E-state index is -0.573. The summed E-state index contributed by atoms with van der Waals surface area (Å²) in [6.07, 6.45) is 1.60. The number of rotatable bonds is 8. The molecule has 5 nitrogen and oxygen atoms in total. The van der Waals surface area contributed by atoms with Gasteiger partial charge in [-0.3, -0.25) is 14.5 Å². The summed E-state index contributed by atoms with van der Waals surface area (Å²) in [5, 5.41) is 0.312. The zero-order chi connectivity index (χ0) is 24.9. The van der Waals surface area contributed by atoms with Crippen molar-refractivity contribution in [3.63, 3.8) is 0 Å². The van der Waals surface area contributed by atoms with E-state index >= 15 is 0 Å². The summed E-state index contributed by atoms with van der Waals surface area (Å²) in [6, 6.07) is 16.8. The van der Waals surface area contributed by atoms with E-state index in [4.69, 9.17) is 32.7 Å². The van der Waals surface area contributed by atoms with Gasteiger partial charge in [-0.05, 0) is 72.3 Å². The Morgan fingerprint density at radius 3 is 2.49 bits per heavy atom. The molecule has 35 heavy (non-hydrogen) atoms. The minimum Gasteiger partial charge on any atom is -0.490 e. The van der Waals surface area contributed by atoms with Crippen LogP contribution in [0.3, 0.4) is 0 Å². The van der Waals surface area contributed by atoms with E-state index in [1.165, 1.54) is 18.2 Å². The highest BCUT2D eigenvalue weighted by Crippen LogP contribution is 2.36. The molecule has 0 N–H and O–H groups in total. The topological polar surface area (TPSA) is 55.8 Å². The van der Waals surface area contributed by atoms with Crippen LogP contribution >= 0.6 is 35.0 Å². The quantitative estimate of drug-likeness (QED) is 0.284. The monoisotopic (exact) mass is 531 g/mol. The molecule has 4 rings (SSSR count). The summed E-state index contributed by atoms with van der Waals surface area (Å²) in [7, 11) is 0. The van der Waals surface area contributed by atoms with Gasteiger partial charge >= 0.3 is 0 Å². The third kappa shape index (κ3) is 5.99. The highest BCUT2D eigenvalue weighted by atomic mass is 35.5. The van der Waals surface area contributed by atoms with Gasteiger partial charge in [0.15, 0.2) is 11.5 Å². The molecule has 3 aromatic rings. The summed E-state index contributed by atoms with van der Waals surface area (Å²) < 4.78 is 25.8. The number of hydrogen-bond acceptors (Lipinski definition) is 5. The number of hydrogen-bond donors (Lipinski definition) is 0. The van der Waals surface area contributed by atoms with Gasteiger partial charge in [0, 0.05) is 15.6 Å². The van der Waals surface area contributed by atoms with Gasteiger partial charge in [0.2, 0.25) is 0 Å². The van der Waals surface area contributed by atoms with Crippen molar-refractivity contribution in [2.45, 2.75) is 20.1 Å². The van der Waals surface area contributed by atoms with Crippen LogP contribution in [0, 0.1) is 5.82 Å². The molecule has 0 aliphatic carbocycles. The highest BCUT2D eigenvalue weighted by molar-refractivity contribution is 8.18. The number of nitrogens with zero attached hydrogens (tertiary/aromatic N) is 1. The number of ether oxygens (including phenoxy) is 2. The second-order valence-corrected chi connectivity index (χ2v) is 9.36. The molecule has 0 atom stereocenters. The molecule has 0 spiro atoms. The largest absolute Gasteiger partial charge is 0.490 e. The van der Waals surface area contributed by atoms with E-state index in [0.29, 0.717) is 35.3 Å². The summed E-state index contributed by atoms with van der Waals surface area (Å²) in [6.45, 7) is 2.36. The first-order chi connectivity index (χ1) is 16.9. The summed E-state index contributed by atoms with van der Waals surface area (Å²) in [5.41, 5.74) is 1.70. The van der Waals surface area contributed by atoms with Crippen LogP contribution in [0.5, 0.6) is 11.5 Å². The van der Waals surface area contributed by atoms with Gasteiger partial charge in [-0.15, -0.1) is 0 Å². The number of amides is 2. The first-order valence-electron chi connectivity index (χ1n) is 10.7. The fourth-order valence-electron chi connectivity index (χ4n) is 3.37. The normalized spacial score (nSPS) is 14.6. The van der Waals surface area contributed by atoms with Crippen LogP contribution in [-0.2, 0) is 17.9 Å². The fraction of sp³-hybridized carbons (Fsp3) is 0.154. The first kappa shape index (κ1) is 25.1. The molecular formula is C26H20Cl2FNO4S. The molecule has 0 saturated carbocycles. The van der Waals surface area contributed by atoms with Gasteiger partial charge in [0.05, 0.1) is 18.1 Å². The molecule has 1 heterocycles. The molecule has 0 aromatic heterocycles. The average Bonchev–Trinajstić information content (AvgIpc) is 3.09. The SMILES string of the molecule is CCOc1cc(C=C2SC(=O)N(Cc3c(F)cccc3Cl)C2=O)ccc1OCc1ccc(Cl)cc1. The third-order valence-corrected chi connectivity index (χ3v) is 6.64. The Morgan fingerprint density at radius 2 is 1.77 bits per heavy atom. The van der Waals surface area contributed by atoms with Crippen LogP contribution in [0.1, 0.15) is 23.6 Å². The van der Waals surface area contributed by atoms with Crippen LogP contribution in [0.4, 0.5) is 9.18 Å². The van der Waals surface area contributed by atoms with Crippen LogP contribution in [0.2, 0.25) is 10.0 Å². The standard InChI is InChI=1S/C26H20Cl2FNO4S/c1-2-33-23-12-17(8-11-22(23)34-15-16-6-9-18(27)10-7-16)13-24-25(31)30(26(32)35-24)14-19-20(28)4-3-5-21(19)29/h3-13H,2,14-15H2,1H3. The van der Waals surface area contributed by atoms with E-state index in [1.807, 2.05) is 19.1 Å². The number of halogens is 3. The Morgan fingerprint density at radius 1 is 1.00 bits per heavy atom. The molecular weight excluding hydrogens is 512 g/mol. The predicted molar refractivity (Wildman–Crippen MR) is 136 cm³/mol. The van der Waals surface area contributed by atoms with E-state index in [1.54, 1.807) is 36.4 Å². The van der Waals surface area contributed by atoms with Crippen molar-refractivity contribution in [2.75, 3.05) is 6.61 Å². The summed E-state index contributed by atoms with van der Waals surface area (Å²) in [4.78, 5) is 26.6. The van der Waals surface area contributed by atoms with Crippen LogP contribution < -0.4 is 9.47 Å². The van der Waals surface area contributed by atoms with Gasteiger partial charge in [-0.1, -0.05) is 47.5 Å². The lowest BCUT2D eigenvalue weighted by Gasteiger charge is -2.14. The maximum absolute atomic E-state index is 14.2. The predicted octanol–water partition coefficient (Wildman–Crippen LogP) is 7.35. The molecule has 3 aromatic carbocycles. The van der Waals surface area contributed by atoms with Crippen LogP contribution in [0.15, 0.2) is 65.6 Å². The first-order valence-corrected chi connectivity index (χ1v) is 12.2. The van der Waals surface area contributed by atoms with Crippen molar-refractivity contribution in [1.29, 1.82) is 0 Å². The van der Waals surface area contributed by atoms with Gasteiger partial charge in [-0.2, -0.15) is 0 Å². The van der Waals surface area contributed by atoms with Crippen molar-refractivity contribution in [3.8, 4) is 11.5 Å². The second-order valence-electron chi connectivity index (χ2n) is 7.52. The molecule has 0 radical (unpaired) electrons. The van der Waals surface area contributed by atoms with Gasteiger partial charge < -0.3 is 9.47 Å². The third-order valence-electron chi connectivity index (χ3n) is 5.12. The van der Waals surface area contributed by atoms with Crippen LogP contribution in [-0.4, -0.2) is 22.7 Å². The number of imide groups is 1. The van der Waals surface area contributed by atoms with E-state index in [-0.39, 0.29) is 22.0 Å². The smallest absolute Gasteiger partial charge is 0.293 e. The Labute approximate surface area is 216 Å². The van der Waals surface area contributed by atoms with Crippen molar-refractivity contribution in [3.05, 3.63) is 98.1 Å². The second kappa shape index (κ2) is 11.2. The zero-order valence-electron chi connectivity index (χ0n) is 18.6. The van der Waals surface area contributed by atoms with Crippen LogP contribution in [0.25, 0.3) is 6.08 Å². The molecule has 9 heteroatoms. The number of thioether (sulfide) groups is 1. The van der Waals surface area contributed by atoms with Crippen molar-refractivity contribution in [2.24, 2.45) is 0 Å². The lowest BCUT2D eigenvalue weighted by Crippen LogP contribution is -2.28. The molecule has 1 saturated heterocycles. The summed E-state index contributed by atoms with van der Waals surface area (Å²) in [5.74, 6) is -0.0368. The number of benzene rings is 3. The Balaban J connectivity index is 1.52. The maximum Gasteiger partial charge on any atom is 0.293 e. The Kier molecular flexibility index (Phi) is 8.00. The molecule has 2 amide bonds. The lowest BCUT2D eigenvalue weighted by molar-refractivity contribution is -0.123. The minimum absolute atomic E-state index is 0.0959. The molecule has 1 fully saturated rings. The molecule has 0 unspecified atom stereocenters. The summed E-state index contributed by atoms with van der Waals surface area (Å²) >= 11 is 12.8. The average molecular weight is 532 g/mol. The van der Waals surface area contributed by atoms with Crippen molar-refractivity contribution in [1.82, 2.24) is 4.90 Å². The molecule has 1 aliphatic heterocycles. The van der Waals surface area contributed by atoms with Gasteiger partial charge in [0.1, 0.15) is 12.4 Å². The van der Waals surface area contributed by atoms with E-state index < -0.39 is 17.0 Å². The fourth-order valence-corrected chi connectivity index (χ4v) is 4.56.